The van der Waals surface area contributed by atoms with E-state index in [1.165, 1.54) is 0 Å². The van der Waals surface area contributed by atoms with Crippen LogP contribution in [-0.2, 0) is 14.3 Å². The van der Waals surface area contributed by atoms with Crippen LogP contribution in [0.5, 0.6) is 0 Å². The first-order valence-electron chi connectivity index (χ1n) is 5.94. The third kappa shape index (κ3) is 4.20. The summed E-state index contributed by atoms with van der Waals surface area (Å²) in [6.45, 7) is 4.56. The van der Waals surface area contributed by atoms with E-state index in [9.17, 15) is 4.79 Å². The van der Waals surface area contributed by atoms with Crippen LogP contribution in [0.1, 0.15) is 26.2 Å². The number of unbranched alkanes of at least 4 members (excludes halogenated alkanes) is 1. The van der Waals surface area contributed by atoms with E-state index in [-0.39, 0.29) is 18.0 Å². The number of Topliss-reactive ketones (excluding diaryl/α,β-unsaturated/α-hetero) is 1. The first-order chi connectivity index (χ1) is 7.67. The number of methoxy groups -OCH3 is 2. The molecule has 1 aliphatic rings. The normalized spacial score (nSPS) is 26.2. The van der Waals surface area contributed by atoms with E-state index in [4.69, 9.17) is 9.47 Å². The lowest BCUT2D eigenvalue weighted by molar-refractivity contribution is -0.117. The van der Waals surface area contributed by atoms with Gasteiger partial charge in [0, 0.05) is 33.7 Å². The van der Waals surface area contributed by atoms with Crippen LogP contribution in [0.25, 0.3) is 0 Å². The van der Waals surface area contributed by atoms with Crippen LogP contribution in [-0.4, -0.2) is 56.7 Å². The molecular weight excluding hydrogens is 206 g/mol. The van der Waals surface area contributed by atoms with Gasteiger partial charge in [0.25, 0.3) is 0 Å². The molecule has 1 saturated heterocycles. The molecule has 16 heavy (non-hydrogen) atoms. The first-order valence-corrected chi connectivity index (χ1v) is 5.94. The monoisotopic (exact) mass is 229 g/mol. The average Bonchev–Trinajstić information content (AvgIpc) is 2.66. The fourth-order valence-corrected chi connectivity index (χ4v) is 2.16. The average molecular weight is 229 g/mol. The highest BCUT2D eigenvalue weighted by Crippen LogP contribution is 2.16. The van der Waals surface area contributed by atoms with Crippen LogP contribution < -0.4 is 0 Å². The van der Waals surface area contributed by atoms with Crippen molar-refractivity contribution in [3.63, 3.8) is 0 Å². The van der Waals surface area contributed by atoms with Gasteiger partial charge in [-0.1, -0.05) is 0 Å². The molecule has 0 bridgehead atoms. The molecule has 1 aliphatic heterocycles. The SMILES string of the molecule is COC1CN(CCCCC(C)=O)CC1OC. The molecule has 0 aromatic heterocycles. The summed E-state index contributed by atoms with van der Waals surface area (Å²) in [5, 5.41) is 0. The minimum absolute atomic E-state index is 0.192. The lowest BCUT2D eigenvalue weighted by Crippen LogP contribution is -2.27. The Balaban J connectivity index is 2.17. The molecule has 1 rings (SSSR count). The highest BCUT2D eigenvalue weighted by molar-refractivity contribution is 5.75. The number of nitrogens with zero attached hydrogens (tertiary/aromatic N) is 1. The number of carbonyl (C=O) groups is 1. The van der Waals surface area contributed by atoms with Crippen molar-refractivity contribution in [2.24, 2.45) is 0 Å². The van der Waals surface area contributed by atoms with Gasteiger partial charge in [-0.2, -0.15) is 0 Å². The van der Waals surface area contributed by atoms with Gasteiger partial charge < -0.3 is 14.3 Å². The maximum atomic E-state index is 10.8. The standard InChI is InChI=1S/C12H23NO3/c1-10(14)6-4-5-7-13-8-11(15-2)12(9-13)16-3/h11-12H,4-9H2,1-3H3. The Labute approximate surface area is 97.9 Å². The second-order valence-electron chi connectivity index (χ2n) is 4.47. The largest absolute Gasteiger partial charge is 0.377 e. The van der Waals surface area contributed by atoms with Crippen molar-refractivity contribution in [3.8, 4) is 0 Å². The molecule has 4 nitrogen and oxygen atoms in total. The number of hydrogen-bond acceptors (Lipinski definition) is 4. The molecule has 0 N–H and O–H groups in total. The fraction of sp³-hybridized carbons (Fsp3) is 0.917. The van der Waals surface area contributed by atoms with Gasteiger partial charge in [0.05, 0.1) is 12.2 Å². The Hall–Kier alpha value is -0.450. The third-order valence-corrected chi connectivity index (χ3v) is 3.15. The Morgan fingerprint density at radius 1 is 1.19 bits per heavy atom. The highest BCUT2D eigenvalue weighted by Gasteiger charge is 2.32. The number of hydrogen-bond donors (Lipinski definition) is 0. The molecule has 0 amide bonds. The zero-order valence-electron chi connectivity index (χ0n) is 10.6. The molecule has 0 radical (unpaired) electrons. The minimum Gasteiger partial charge on any atom is -0.377 e. The minimum atomic E-state index is 0.192. The molecular formula is C12H23NO3. The summed E-state index contributed by atoms with van der Waals surface area (Å²) in [4.78, 5) is 13.1. The van der Waals surface area contributed by atoms with Crippen LogP contribution >= 0.6 is 0 Å². The molecule has 94 valence electrons. The zero-order valence-corrected chi connectivity index (χ0v) is 10.6. The summed E-state index contributed by atoms with van der Waals surface area (Å²) in [6.07, 6.45) is 3.15. The van der Waals surface area contributed by atoms with Crippen LogP contribution in [0.3, 0.4) is 0 Å². The van der Waals surface area contributed by atoms with E-state index < -0.39 is 0 Å². The summed E-state index contributed by atoms with van der Waals surface area (Å²) in [6, 6.07) is 0. The molecule has 0 aromatic rings. The topological polar surface area (TPSA) is 38.8 Å². The predicted molar refractivity (Wildman–Crippen MR) is 62.6 cm³/mol. The second-order valence-corrected chi connectivity index (χ2v) is 4.47. The van der Waals surface area contributed by atoms with Gasteiger partial charge in [-0.3, -0.25) is 4.90 Å². The molecule has 2 unspecified atom stereocenters. The fourth-order valence-electron chi connectivity index (χ4n) is 2.16. The molecule has 0 spiro atoms. The lowest BCUT2D eigenvalue weighted by atomic mass is 10.2. The second kappa shape index (κ2) is 6.99. The van der Waals surface area contributed by atoms with Crippen molar-refractivity contribution in [3.05, 3.63) is 0 Å². The van der Waals surface area contributed by atoms with Crippen LogP contribution in [0.4, 0.5) is 0 Å². The lowest BCUT2D eigenvalue weighted by Gasteiger charge is -2.14. The van der Waals surface area contributed by atoms with Gasteiger partial charge in [0.2, 0.25) is 0 Å². The number of likely N-dealkylation sites (tertiary alicyclic amines) is 1. The van der Waals surface area contributed by atoms with E-state index in [1.807, 2.05) is 0 Å². The van der Waals surface area contributed by atoms with Gasteiger partial charge in [-0.15, -0.1) is 0 Å². The Morgan fingerprint density at radius 3 is 2.19 bits per heavy atom. The third-order valence-electron chi connectivity index (χ3n) is 3.15. The van der Waals surface area contributed by atoms with E-state index in [1.54, 1.807) is 21.1 Å². The zero-order chi connectivity index (χ0) is 12.0. The Morgan fingerprint density at radius 2 is 1.75 bits per heavy atom. The van der Waals surface area contributed by atoms with Gasteiger partial charge in [-0.25, -0.2) is 0 Å². The summed E-state index contributed by atoms with van der Waals surface area (Å²) < 4.78 is 10.7. The van der Waals surface area contributed by atoms with Crippen molar-refractivity contribution < 1.29 is 14.3 Å². The molecule has 0 aromatic carbocycles. The number of ketones is 1. The van der Waals surface area contributed by atoms with Crippen LogP contribution in [0.15, 0.2) is 0 Å². The van der Waals surface area contributed by atoms with Crippen molar-refractivity contribution in [2.45, 2.75) is 38.4 Å². The summed E-state index contributed by atoms with van der Waals surface area (Å²) >= 11 is 0. The first kappa shape index (κ1) is 13.6. The van der Waals surface area contributed by atoms with Gasteiger partial charge in [0.15, 0.2) is 0 Å². The molecule has 1 heterocycles. The van der Waals surface area contributed by atoms with Gasteiger partial charge >= 0.3 is 0 Å². The van der Waals surface area contributed by atoms with E-state index in [0.29, 0.717) is 6.42 Å². The van der Waals surface area contributed by atoms with E-state index in [0.717, 1.165) is 32.5 Å². The van der Waals surface area contributed by atoms with Crippen molar-refractivity contribution in [1.29, 1.82) is 0 Å². The molecule has 2 atom stereocenters. The number of carbonyl (C=O) groups excluding carboxylic acids is 1. The molecule has 4 heteroatoms. The molecule has 0 aliphatic carbocycles. The number of rotatable bonds is 7. The maximum absolute atomic E-state index is 10.8. The smallest absolute Gasteiger partial charge is 0.129 e. The van der Waals surface area contributed by atoms with E-state index in [2.05, 4.69) is 4.90 Å². The maximum Gasteiger partial charge on any atom is 0.129 e. The van der Waals surface area contributed by atoms with Crippen molar-refractivity contribution in [1.82, 2.24) is 4.90 Å². The van der Waals surface area contributed by atoms with Crippen LogP contribution in [0.2, 0.25) is 0 Å². The summed E-state index contributed by atoms with van der Waals surface area (Å²) in [5.74, 6) is 0.283. The number of ether oxygens (including phenoxy) is 2. The quantitative estimate of drug-likeness (QED) is 0.613. The highest BCUT2D eigenvalue weighted by atomic mass is 16.5. The molecule has 1 fully saturated rings. The summed E-state index contributed by atoms with van der Waals surface area (Å²) in [5.41, 5.74) is 0. The van der Waals surface area contributed by atoms with Crippen LogP contribution in [0, 0.1) is 0 Å². The van der Waals surface area contributed by atoms with E-state index >= 15 is 0 Å². The Bertz CT molecular complexity index is 208. The summed E-state index contributed by atoms with van der Waals surface area (Å²) in [7, 11) is 3.46. The molecule has 0 saturated carbocycles. The van der Waals surface area contributed by atoms with Crippen molar-refractivity contribution in [2.75, 3.05) is 33.9 Å². The Kier molecular flexibility index (Phi) is 5.95. The predicted octanol–water partition coefficient (Wildman–Crippen LogP) is 1.09. The van der Waals surface area contributed by atoms with Crippen molar-refractivity contribution >= 4 is 5.78 Å². The van der Waals surface area contributed by atoms with Gasteiger partial charge in [0.1, 0.15) is 5.78 Å². The van der Waals surface area contributed by atoms with Gasteiger partial charge in [-0.05, 0) is 26.3 Å².